The van der Waals surface area contributed by atoms with Crippen molar-refractivity contribution in [2.24, 2.45) is 7.05 Å². The summed E-state index contributed by atoms with van der Waals surface area (Å²) in [5.74, 6) is 0.0100. The molecule has 134 valence electrons. The quantitative estimate of drug-likeness (QED) is 0.891. The number of hydrogen-bond donors (Lipinski definition) is 1. The third-order valence-corrected chi connectivity index (χ3v) is 5.59. The van der Waals surface area contributed by atoms with Crippen LogP contribution in [-0.4, -0.2) is 39.4 Å². The average Bonchev–Trinajstić information content (AvgIpc) is 3.24. The molecule has 1 aliphatic heterocycles. The molecule has 7 heteroatoms. The van der Waals surface area contributed by atoms with Gasteiger partial charge in [0.05, 0.1) is 11.0 Å². The summed E-state index contributed by atoms with van der Waals surface area (Å²) in [4.78, 5) is 30.5. The zero-order valence-corrected chi connectivity index (χ0v) is 15.5. The molecule has 0 unspecified atom stereocenters. The lowest BCUT2D eigenvalue weighted by atomic mass is 9.99. The minimum absolute atomic E-state index is 0.0631. The molecule has 2 aromatic heterocycles. The molecule has 0 aliphatic carbocycles. The van der Waals surface area contributed by atoms with E-state index in [1.165, 1.54) is 0 Å². The van der Waals surface area contributed by atoms with E-state index < -0.39 is 0 Å². The van der Waals surface area contributed by atoms with E-state index >= 15 is 0 Å². The van der Waals surface area contributed by atoms with E-state index in [0.29, 0.717) is 12.2 Å². The molecule has 1 aliphatic rings. The predicted octanol–water partition coefficient (Wildman–Crippen LogP) is 2.53. The minimum Gasteiger partial charge on any atom is -0.350 e. The molecule has 1 saturated heterocycles. The second-order valence-corrected chi connectivity index (χ2v) is 7.34. The number of carbonyl (C=O) groups excluding carboxylic acids is 2. The Morgan fingerprint density at radius 3 is 2.92 bits per heavy atom. The monoisotopic (exact) mass is 360 g/mol. The summed E-state index contributed by atoms with van der Waals surface area (Å²) in [6.07, 6.45) is 5.61. The molecule has 0 radical (unpaired) electrons. The van der Waals surface area contributed by atoms with Gasteiger partial charge < -0.3 is 14.8 Å². The first-order valence-corrected chi connectivity index (χ1v) is 9.55. The van der Waals surface area contributed by atoms with Crippen molar-refractivity contribution in [3.63, 3.8) is 0 Å². The first kappa shape index (κ1) is 17.7. The van der Waals surface area contributed by atoms with E-state index in [4.69, 9.17) is 0 Å². The van der Waals surface area contributed by atoms with E-state index in [1.54, 1.807) is 24.5 Å². The maximum Gasteiger partial charge on any atom is 0.267 e. The van der Waals surface area contributed by atoms with Crippen molar-refractivity contribution in [1.29, 1.82) is 0 Å². The van der Waals surface area contributed by atoms with E-state index in [2.05, 4.69) is 10.3 Å². The Labute approximate surface area is 151 Å². The number of aromatic nitrogens is 2. The maximum atomic E-state index is 12.5. The Morgan fingerprint density at radius 2 is 2.20 bits per heavy atom. The molecule has 3 heterocycles. The summed E-state index contributed by atoms with van der Waals surface area (Å²) >= 11 is 1.59. The van der Waals surface area contributed by atoms with Gasteiger partial charge in [0.25, 0.3) is 5.91 Å². The van der Waals surface area contributed by atoms with Crippen molar-refractivity contribution in [3.05, 3.63) is 40.1 Å². The average molecular weight is 360 g/mol. The van der Waals surface area contributed by atoms with Crippen molar-refractivity contribution >= 4 is 23.2 Å². The van der Waals surface area contributed by atoms with Gasteiger partial charge in [-0.3, -0.25) is 9.59 Å². The first-order chi connectivity index (χ1) is 12.1. The summed E-state index contributed by atoms with van der Waals surface area (Å²) in [5, 5.41) is 5.91. The van der Waals surface area contributed by atoms with Gasteiger partial charge in [-0.2, -0.15) is 0 Å². The van der Waals surface area contributed by atoms with Gasteiger partial charge in [-0.25, -0.2) is 4.98 Å². The lowest BCUT2D eigenvalue weighted by molar-refractivity contribution is -0.132. The van der Waals surface area contributed by atoms with Gasteiger partial charge in [0.2, 0.25) is 5.91 Å². The minimum atomic E-state index is -0.0875. The summed E-state index contributed by atoms with van der Waals surface area (Å²) < 4.78 is 1.92. The lowest BCUT2D eigenvalue weighted by Crippen LogP contribution is -2.38. The molecule has 2 aromatic rings. The highest BCUT2D eigenvalue weighted by atomic mass is 32.1. The molecule has 0 spiro atoms. The Morgan fingerprint density at radius 1 is 1.36 bits per heavy atom. The zero-order valence-electron chi connectivity index (χ0n) is 14.7. The number of nitrogens with one attached hydrogen (secondary N) is 1. The third kappa shape index (κ3) is 3.92. The number of amides is 2. The normalized spacial score (nSPS) is 17.5. The van der Waals surface area contributed by atoms with E-state index in [9.17, 15) is 9.59 Å². The molecule has 3 rings (SSSR count). The van der Waals surface area contributed by atoms with Crippen molar-refractivity contribution in [1.82, 2.24) is 19.8 Å². The number of thiazole rings is 1. The molecule has 1 fully saturated rings. The molecular formula is C18H24N4O2S. The molecule has 0 bridgehead atoms. The van der Waals surface area contributed by atoms with Gasteiger partial charge in [0.1, 0.15) is 5.69 Å². The maximum absolute atomic E-state index is 12.5. The highest BCUT2D eigenvalue weighted by molar-refractivity contribution is 7.09. The molecule has 0 saturated carbocycles. The van der Waals surface area contributed by atoms with Crippen molar-refractivity contribution in [3.8, 4) is 0 Å². The fraction of sp³-hybridized carbons (Fsp3) is 0.500. The topological polar surface area (TPSA) is 67.2 Å². The number of nitrogens with zero attached hydrogens (tertiary/aromatic N) is 3. The van der Waals surface area contributed by atoms with Crippen LogP contribution < -0.4 is 5.32 Å². The number of likely N-dealkylation sites (tertiary alicyclic amines) is 1. The summed E-state index contributed by atoms with van der Waals surface area (Å²) in [5.41, 5.74) is 1.66. The van der Waals surface area contributed by atoms with Crippen LogP contribution in [0, 0.1) is 0 Å². The second-order valence-electron chi connectivity index (χ2n) is 6.36. The van der Waals surface area contributed by atoms with Crippen LogP contribution >= 0.6 is 11.3 Å². The Kier molecular flexibility index (Phi) is 5.53. The molecule has 2 amide bonds. The molecule has 25 heavy (non-hydrogen) atoms. The summed E-state index contributed by atoms with van der Waals surface area (Å²) in [6.45, 7) is 2.98. The lowest BCUT2D eigenvalue weighted by Gasteiger charge is -2.35. The van der Waals surface area contributed by atoms with Gasteiger partial charge in [-0.15, -0.1) is 11.3 Å². The van der Waals surface area contributed by atoms with Crippen molar-refractivity contribution in [2.75, 3.05) is 13.1 Å². The first-order valence-electron chi connectivity index (χ1n) is 8.67. The van der Waals surface area contributed by atoms with E-state index in [-0.39, 0.29) is 17.9 Å². The number of carbonyl (C=O) groups is 2. The highest BCUT2D eigenvalue weighted by Crippen LogP contribution is 2.31. The van der Waals surface area contributed by atoms with Gasteiger partial charge in [-0.05, 0) is 31.4 Å². The van der Waals surface area contributed by atoms with Gasteiger partial charge >= 0.3 is 0 Å². The van der Waals surface area contributed by atoms with Gasteiger partial charge in [0, 0.05) is 50.8 Å². The number of rotatable bonds is 5. The number of hydrogen-bond acceptors (Lipinski definition) is 4. The summed E-state index contributed by atoms with van der Waals surface area (Å²) in [6, 6.07) is 3.89. The second kappa shape index (κ2) is 7.82. The Hall–Kier alpha value is -2.15. The fourth-order valence-electron chi connectivity index (χ4n) is 3.46. The standard InChI is InChI=1S/C18H24N4O2S/c1-13(23)22-11-4-3-5-15(22)14-6-7-16(21(14)2)18(24)20-9-8-17-19-10-12-25-17/h6-7,10,12,15H,3-5,8-9,11H2,1-2H3,(H,20,24)/t15-/m1/s1. The smallest absolute Gasteiger partial charge is 0.267 e. The SMILES string of the molecule is CC(=O)N1CCCC[C@@H]1c1ccc(C(=O)NCCc2nccs2)n1C. The third-order valence-electron chi connectivity index (χ3n) is 4.75. The van der Waals surface area contributed by atoms with E-state index in [0.717, 1.165) is 42.9 Å². The van der Waals surface area contributed by atoms with Crippen LogP contribution in [0.15, 0.2) is 23.7 Å². The molecule has 6 nitrogen and oxygen atoms in total. The highest BCUT2D eigenvalue weighted by Gasteiger charge is 2.28. The van der Waals surface area contributed by atoms with Gasteiger partial charge in [-0.1, -0.05) is 0 Å². The van der Waals surface area contributed by atoms with Crippen LogP contribution in [0.4, 0.5) is 0 Å². The number of piperidine rings is 1. The van der Waals surface area contributed by atoms with Crippen molar-refractivity contribution in [2.45, 2.75) is 38.6 Å². The largest absolute Gasteiger partial charge is 0.350 e. The van der Waals surface area contributed by atoms with Crippen LogP contribution in [0.1, 0.15) is 53.4 Å². The zero-order chi connectivity index (χ0) is 17.8. The molecular weight excluding hydrogens is 336 g/mol. The van der Waals surface area contributed by atoms with Crippen LogP contribution in [0.2, 0.25) is 0 Å². The van der Waals surface area contributed by atoms with Crippen LogP contribution in [0.25, 0.3) is 0 Å². The van der Waals surface area contributed by atoms with Crippen molar-refractivity contribution < 1.29 is 9.59 Å². The molecule has 1 N–H and O–H groups in total. The van der Waals surface area contributed by atoms with Gasteiger partial charge in [0.15, 0.2) is 0 Å². The van der Waals surface area contributed by atoms with E-state index in [1.807, 2.05) is 34.0 Å². The Balaban J connectivity index is 1.67. The van der Waals surface area contributed by atoms with Crippen LogP contribution in [-0.2, 0) is 18.3 Å². The van der Waals surface area contributed by atoms with Crippen LogP contribution in [0.5, 0.6) is 0 Å². The molecule has 0 aromatic carbocycles. The molecule has 1 atom stereocenters. The predicted molar refractivity (Wildman–Crippen MR) is 97.5 cm³/mol. The fourth-order valence-corrected chi connectivity index (χ4v) is 4.08. The Bertz CT molecular complexity index is 738. The van der Waals surface area contributed by atoms with Crippen LogP contribution in [0.3, 0.4) is 0 Å². The summed E-state index contributed by atoms with van der Waals surface area (Å²) in [7, 11) is 1.90.